The first kappa shape index (κ1) is 17.4. The number of aromatic amines is 1. The van der Waals surface area contributed by atoms with Crippen LogP contribution in [0.25, 0.3) is 10.9 Å². The summed E-state index contributed by atoms with van der Waals surface area (Å²) in [4.78, 5) is 18.3. The standard InChI is InChI=1S/C19H28N2O2S/c1-21(2)12-9-14-13-20-15-7-6-8-16(17(14)15)23-18(22)19(10-11-19)24(3,4)5/h6-8,13,20H,9-12H2,1-5H3. The van der Waals surface area contributed by atoms with E-state index in [4.69, 9.17) is 4.74 Å². The minimum absolute atomic E-state index is 0.0442. The van der Waals surface area contributed by atoms with E-state index < -0.39 is 10.0 Å². The predicted octanol–water partition coefficient (Wildman–Crippen LogP) is 3.40. The first-order valence-corrected chi connectivity index (χ1v) is 11.2. The molecule has 1 saturated carbocycles. The van der Waals surface area contributed by atoms with Crippen LogP contribution in [0.4, 0.5) is 0 Å². The third-order valence-electron chi connectivity index (χ3n) is 5.03. The molecule has 132 valence electrons. The van der Waals surface area contributed by atoms with Gasteiger partial charge < -0.3 is 14.6 Å². The highest BCUT2D eigenvalue weighted by Crippen LogP contribution is 2.64. The molecule has 2 aromatic rings. The van der Waals surface area contributed by atoms with Crippen LogP contribution in [0.2, 0.25) is 0 Å². The Morgan fingerprint density at radius 1 is 1.29 bits per heavy atom. The van der Waals surface area contributed by atoms with Crippen LogP contribution < -0.4 is 4.74 Å². The normalized spacial score (nSPS) is 17.2. The molecule has 1 aliphatic rings. The molecule has 1 fully saturated rings. The summed E-state index contributed by atoms with van der Waals surface area (Å²) in [5.74, 6) is 0.652. The van der Waals surface area contributed by atoms with Crippen LogP contribution in [0.1, 0.15) is 18.4 Å². The van der Waals surface area contributed by atoms with E-state index in [-0.39, 0.29) is 10.7 Å². The lowest BCUT2D eigenvalue weighted by Crippen LogP contribution is -2.32. The number of carbonyl (C=O) groups excluding carboxylic acids is 1. The molecule has 0 saturated heterocycles. The van der Waals surface area contributed by atoms with Crippen molar-refractivity contribution in [2.75, 3.05) is 39.4 Å². The molecule has 0 bridgehead atoms. The lowest BCUT2D eigenvalue weighted by atomic mass is 10.1. The molecule has 4 nitrogen and oxygen atoms in total. The molecule has 1 aliphatic carbocycles. The van der Waals surface area contributed by atoms with Crippen LogP contribution >= 0.6 is 10.0 Å². The number of likely N-dealkylation sites (N-methyl/N-ethyl adjacent to an activating group) is 1. The van der Waals surface area contributed by atoms with Gasteiger partial charge in [-0.3, -0.25) is 4.79 Å². The topological polar surface area (TPSA) is 45.3 Å². The second kappa shape index (κ2) is 6.12. The summed E-state index contributed by atoms with van der Waals surface area (Å²) in [6, 6.07) is 5.90. The first-order chi connectivity index (χ1) is 11.2. The maximum atomic E-state index is 12.9. The maximum absolute atomic E-state index is 12.9. The van der Waals surface area contributed by atoms with Crippen molar-refractivity contribution in [3.05, 3.63) is 30.0 Å². The molecule has 0 unspecified atom stereocenters. The number of aromatic nitrogens is 1. The van der Waals surface area contributed by atoms with Gasteiger partial charge in [-0.05, 0) is 69.8 Å². The molecule has 0 radical (unpaired) electrons. The van der Waals surface area contributed by atoms with Gasteiger partial charge in [0.15, 0.2) is 0 Å². The number of esters is 1. The Balaban J connectivity index is 1.90. The van der Waals surface area contributed by atoms with Crippen molar-refractivity contribution in [2.24, 2.45) is 0 Å². The van der Waals surface area contributed by atoms with Crippen molar-refractivity contribution in [1.29, 1.82) is 0 Å². The van der Waals surface area contributed by atoms with Crippen LogP contribution in [-0.2, 0) is 11.2 Å². The Morgan fingerprint density at radius 2 is 2.00 bits per heavy atom. The van der Waals surface area contributed by atoms with Gasteiger partial charge in [0.25, 0.3) is 0 Å². The fraction of sp³-hybridized carbons (Fsp3) is 0.526. The fourth-order valence-corrected chi connectivity index (χ4v) is 5.09. The van der Waals surface area contributed by atoms with Crippen molar-refractivity contribution < 1.29 is 9.53 Å². The number of nitrogens with one attached hydrogen (secondary N) is 1. The second-order valence-corrected chi connectivity index (χ2v) is 12.2. The average Bonchev–Trinajstić information content (AvgIpc) is 3.21. The van der Waals surface area contributed by atoms with Crippen molar-refractivity contribution in [1.82, 2.24) is 9.88 Å². The quantitative estimate of drug-likeness (QED) is 0.643. The molecule has 24 heavy (non-hydrogen) atoms. The van der Waals surface area contributed by atoms with Crippen LogP contribution in [0.5, 0.6) is 5.75 Å². The van der Waals surface area contributed by atoms with Gasteiger partial charge in [-0.25, -0.2) is 10.0 Å². The summed E-state index contributed by atoms with van der Waals surface area (Å²) < 4.78 is 5.69. The molecule has 0 aliphatic heterocycles. The number of H-pyrrole nitrogens is 1. The van der Waals surface area contributed by atoms with Crippen LogP contribution in [0.3, 0.4) is 0 Å². The summed E-state index contributed by atoms with van der Waals surface area (Å²) in [6.07, 6.45) is 11.5. The molecule has 0 atom stereocenters. The Kier molecular flexibility index (Phi) is 4.43. The van der Waals surface area contributed by atoms with Crippen LogP contribution in [-0.4, -0.2) is 60.0 Å². The number of ether oxygens (including phenoxy) is 1. The molecule has 1 heterocycles. The van der Waals surface area contributed by atoms with Crippen molar-refractivity contribution in [3.8, 4) is 5.75 Å². The Morgan fingerprint density at radius 3 is 2.58 bits per heavy atom. The highest BCUT2D eigenvalue weighted by molar-refractivity contribution is 8.33. The number of nitrogens with zero attached hydrogens (tertiary/aromatic N) is 1. The highest BCUT2D eigenvalue weighted by Gasteiger charge is 2.57. The van der Waals surface area contributed by atoms with Gasteiger partial charge >= 0.3 is 5.97 Å². The van der Waals surface area contributed by atoms with Gasteiger partial charge in [0.2, 0.25) is 0 Å². The minimum Gasteiger partial charge on any atom is -0.425 e. The Hall–Kier alpha value is -1.46. The summed E-state index contributed by atoms with van der Waals surface area (Å²) in [6.45, 7) is 0.964. The van der Waals surface area contributed by atoms with Crippen molar-refractivity contribution in [3.63, 3.8) is 0 Å². The van der Waals surface area contributed by atoms with E-state index in [0.29, 0.717) is 5.75 Å². The predicted molar refractivity (Wildman–Crippen MR) is 104 cm³/mol. The van der Waals surface area contributed by atoms with Gasteiger partial charge in [0.05, 0.1) is 4.75 Å². The second-order valence-electron chi connectivity index (χ2n) is 7.77. The molecule has 5 heteroatoms. The first-order valence-electron chi connectivity index (χ1n) is 8.38. The molecule has 1 aromatic heterocycles. The van der Waals surface area contributed by atoms with Gasteiger partial charge in [0.1, 0.15) is 5.75 Å². The molecule has 3 rings (SSSR count). The van der Waals surface area contributed by atoms with Crippen LogP contribution in [0.15, 0.2) is 24.4 Å². The van der Waals surface area contributed by atoms with E-state index in [1.165, 1.54) is 5.56 Å². The third kappa shape index (κ3) is 3.07. The zero-order valence-corrected chi connectivity index (χ0v) is 16.1. The number of hydrogen-bond acceptors (Lipinski definition) is 3. The SMILES string of the molecule is CN(C)CCc1c[nH]c2cccc(OC(=O)C3(S(C)(C)C)CC3)c12. The number of rotatable bonds is 6. The Labute approximate surface area is 145 Å². The van der Waals surface area contributed by atoms with E-state index >= 15 is 0 Å². The summed E-state index contributed by atoms with van der Waals surface area (Å²) in [5, 5.41) is 1.05. The lowest BCUT2D eigenvalue weighted by molar-refractivity contribution is -0.134. The molecular weight excluding hydrogens is 320 g/mol. The highest BCUT2D eigenvalue weighted by atomic mass is 32.3. The van der Waals surface area contributed by atoms with E-state index in [9.17, 15) is 4.79 Å². The maximum Gasteiger partial charge on any atom is 0.326 e. The Bertz CT molecular complexity index is 754. The number of benzene rings is 1. The minimum atomic E-state index is -0.971. The van der Waals surface area contributed by atoms with E-state index in [1.54, 1.807) is 0 Å². The molecule has 1 N–H and O–H groups in total. The average molecular weight is 349 g/mol. The smallest absolute Gasteiger partial charge is 0.326 e. The largest absolute Gasteiger partial charge is 0.425 e. The summed E-state index contributed by atoms with van der Waals surface area (Å²) in [5.41, 5.74) is 2.23. The number of hydrogen-bond donors (Lipinski definition) is 1. The number of fused-ring (bicyclic) bond motifs is 1. The molecule has 0 amide bonds. The van der Waals surface area contributed by atoms with Crippen molar-refractivity contribution in [2.45, 2.75) is 24.0 Å². The van der Waals surface area contributed by atoms with E-state index in [0.717, 1.165) is 36.7 Å². The summed E-state index contributed by atoms with van der Waals surface area (Å²) >= 11 is 0. The van der Waals surface area contributed by atoms with Gasteiger partial charge in [0, 0.05) is 23.6 Å². The number of carbonyl (C=O) groups is 1. The van der Waals surface area contributed by atoms with Gasteiger partial charge in [-0.1, -0.05) is 6.07 Å². The monoisotopic (exact) mass is 348 g/mol. The van der Waals surface area contributed by atoms with E-state index in [1.807, 2.05) is 24.4 Å². The zero-order chi connectivity index (χ0) is 17.5. The zero-order valence-electron chi connectivity index (χ0n) is 15.3. The summed E-state index contributed by atoms with van der Waals surface area (Å²) in [7, 11) is 3.17. The van der Waals surface area contributed by atoms with Gasteiger partial charge in [-0.2, -0.15) is 0 Å². The van der Waals surface area contributed by atoms with Crippen LogP contribution in [0, 0.1) is 0 Å². The van der Waals surface area contributed by atoms with E-state index in [2.05, 4.69) is 42.7 Å². The molecular formula is C19H28N2O2S. The van der Waals surface area contributed by atoms with Crippen molar-refractivity contribution >= 4 is 26.9 Å². The van der Waals surface area contributed by atoms with Gasteiger partial charge in [-0.15, -0.1) is 0 Å². The lowest BCUT2D eigenvalue weighted by Gasteiger charge is -2.34. The third-order valence-corrected chi connectivity index (χ3v) is 7.95. The fourth-order valence-electron chi connectivity index (χ4n) is 3.22. The molecule has 1 aromatic carbocycles. The molecule has 0 spiro atoms.